The number of methoxy groups -OCH3 is 1. The smallest absolute Gasteiger partial charge is 0.260 e. The number of carbonyl (C=O) groups excluding carboxylic acids is 1. The zero-order valence-electron chi connectivity index (χ0n) is 9.25. The van der Waals surface area contributed by atoms with Gasteiger partial charge in [-0.25, -0.2) is 5.48 Å². The van der Waals surface area contributed by atoms with E-state index in [1.54, 1.807) is 7.11 Å². The van der Waals surface area contributed by atoms with Crippen molar-refractivity contribution in [2.24, 2.45) is 0 Å². The van der Waals surface area contributed by atoms with Gasteiger partial charge >= 0.3 is 0 Å². The van der Waals surface area contributed by atoms with Crippen LogP contribution in [-0.2, 0) is 14.4 Å². The highest BCUT2D eigenvalue weighted by Crippen LogP contribution is 2.08. The van der Waals surface area contributed by atoms with Gasteiger partial charge in [0, 0.05) is 7.11 Å². The van der Waals surface area contributed by atoms with Gasteiger partial charge in [-0.3, -0.25) is 9.63 Å². The average molecular weight is 216 g/mol. The molecule has 15 heavy (non-hydrogen) atoms. The van der Waals surface area contributed by atoms with Crippen LogP contribution in [0.25, 0.3) is 0 Å². The lowest BCUT2D eigenvalue weighted by Crippen LogP contribution is -2.43. The fourth-order valence-corrected chi connectivity index (χ4v) is 1.57. The summed E-state index contributed by atoms with van der Waals surface area (Å²) in [6.07, 6.45) is 4.33. The van der Waals surface area contributed by atoms with Gasteiger partial charge in [0.15, 0.2) is 0 Å². The Balaban J connectivity index is 2.14. The van der Waals surface area contributed by atoms with Crippen molar-refractivity contribution in [3.63, 3.8) is 0 Å². The van der Waals surface area contributed by atoms with E-state index in [1.807, 2.05) is 0 Å². The second kappa shape index (κ2) is 7.62. The van der Waals surface area contributed by atoms with Gasteiger partial charge in [0.1, 0.15) is 0 Å². The van der Waals surface area contributed by atoms with Crippen LogP contribution in [0.5, 0.6) is 0 Å². The molecule has 0 bridgehead atoms. The highest BCUT2D eigenvalue weighted by Gasteiger charge is 2.19. The molecule has 2 N–H and O–H groups in total. The molecule has 0 aromatic heterocycles. The Hall–Kier alpha value is -0.650. The van der Waals surface area contributed by atoms with Crippen LogP contribution < -0.4 is 10.8 Å². The monoisotopic (exact) mass is 216 g/mol. The summed E-state index contributed by atoms with van der Waals surface area (Å²) in [6.45, 7) is 1.78. The normalized spacial score (nSPS) is 22.1. The lowest BCUT2D eigenvalue weighted by atomic mass is 10.1. The van der Waals surface area contributed by atoms with Crippen molar-refractivity contribution in [3.8, 4) is 0 Å². The van der Waals surface area contributed by atoms with Crippen LogP contribution in [-0.4, -0.2) is 38.8 Å². The molecule has 1 aliphatic heterocycles. The van der Waals surface area contributed by atoms with Gasteiger partial charge in [0.25, 0.3) is 5.91 Å². The Morgan fingerprint density at radius 3 is 3.07 bits per heavy atom. The van der Waals surface area contributed by atoms with Crippen molar-refractivity contribution < 1.29 is 14.4 Å². The van der Waals surface area contributed by atoms with Crippen molar-refractivity contribution in [1.82, 2.24) is 10.8 Å². The van der Waals surface area contributed by atoms with Crippen LogP contribution in [0.4, 0.5) is 0 Å². The van der Waals surface area contributed by atoms with Gasteiger partial charge in [0.2, 0.25) is 0 Å². The first-order valence-electron chi connectivity index (χ1n) is 5.48. The molecule has 1 heterocycles. The number of hydrogen-bond acceptors (Lipinski definition) is 4. The molecule has 0 aliphatic carbocycles. The third-order valence-corrected chi connectivity index (χ3v) is 2.44. The van der Waals surface area contributed by atoms with E-state index >= 15 is 0 Å². The Morgan fingerprint density at radius 2 is 2.27 bits per heavy atom. The molecule has 1 amide bonds. The Kier molecular flexibility index (Phi) is 6.31. The maximum atomic E-state index is 11.6. The molecule has 5 heteroatoms. The number of hydrogen-bond donors (Lipinski definition) is 2. The summed E-state index contributed by atoms with van der Waals surface area (Å²) in [7, 11) is 1.60. The van der Waals surface area contributed by atoms with Crippen LogP contribution >= 0.6 is 0 Å². The largest absolute Gasteiger partial charge is 0.382 e. The number of carbonyl (C=O) groups is 1. The molecule has 1 rings (SSSR count). The fourth-order valence-electron chi connectivity index (χ4n) is 1.57. The summed E-state index contributed by atoms with van der Waals surface area (Å²) in [4.78, 5) is 16.5. The molecule has 0 saturated carbocycles. The summed E-state index contributed by atoms with van der Waals surface area (Å²) in [5, 5.41) is 3.20. The van der Waals surface area contributed by atoms with Crippen molar-refractivity contribution in [2.45, 2.75) is 31.7 Å². The maximum Gasteiger partial charge on any atom is 0.260 e. The van der Waals surface area contributed by atoms with Crippen LogP contribution in [0.15, 0.2) is 0 Å². The summed E-state index contributed by atoms with van der Waals surface area (Å²) in [5.41, 5.74) is 2.43. The third-order valence-electron chi connectivity index (χ3n) is 2.44. The van der Waals surface area contributed by atoms with Gasteiger partial charge in [-0.15, -0.1) is 0 Å². The summed E-state index contributed by atoms with van der Waals surface area (Å²) in [5.74, 6) is -0.0759. The molecule has 1 unspecified atom stereocenters. The molecule has 0 spiro atoms. The van der Waals surface area contributed by atoms with E-state index in [2.05, 4.69) is 10.8 Å². The molecule has 1 aliphatic rings. The second-order valence-electron chi connectivity index (χ2n) is 3.66. The van der Waals surface area contributed by atoms with Crippen molar-refractivity contribution in [1.29, 1.82) is 0 Å². The second-order valence-corrected chi connectivity index (χ2v) is 3.66. The zero-order valence-corrected chi connectivity index (χ0v) is 9.25. The minimum Gasteiger partial charge on any atom is -0.382 e. The Labute approximate surface area is 90.5 Å². The molecule has 5 nitrogen and oxygen atoms in total. The zero-order chi connectivity index (χ0) is 10.9. The van der Waals surface area contributed by atoms with E-state index in [0.717, 1.165) is 25.8 Å². The molecule has 0 radical (unpaired) electrons. The average Bonchev–Trinajstić information content (AvgIpc) is 2.52. The first-order chi connectivity index (χ1) is 7.34. The highest BCUT2D eigenvalue weighted by molar-refractivity contribution is 5.80. The topological polar surface area (TPSA) is 59.6 Å². The maximum absolute atomic E-state index is 11.6. The van der Waals surface area contributed by atoms with Crippen molar-refractivity contribution in [3.05, 3.63) is 0 Å². The molecule has 0 aromatic rings. The number of nitrogens with one attached hydrogen (secondary N) is 2. The number of amides is 1. The van der Waals surface area contributed by atoms with E-state index < -0.39 is 0 Å². The summed E-state index contributed by atoms with van der Waals surface area (Å²) < 4.78 is 4.80. The van der Waals surface area contributed by atoms with E-state index in [1.165, 1.54) is 6.42 Å². The van der Waals surface area contributed by atoms with Crippen LogP contribution in [0.3, 0.4) is 0 Å². The number of hydroxylamine groups is 1. The van der Waals surface area contributed by atoms with E-state index in [4.69, 9.17) is 9.57 Å². The van der Waals surface area contributed by atoms with Crippen molar-refractivity contribution >= 4 is 5.91 Å². The lowest BCUT2D eigenvalue weighted by molar-refractivity contribution is -0.136. The Bertz CT molecular complexity index is 180. The predicted molar refractivity (Wildman–Crippen MR) is 56.2 cm³/mol. The minimum absolute atomic E-state index is 0.0759. The summed E-state index contributed by atoms with van der Waals surface area (Å²) in [6, 6.07) is -0.102. The fraction of sp³-hybridized carbons (Fsp3) is 0.900. The minimum atomic E-state index is -0.102. The van der Waals surface area contributed by atoms with Gasteiger partial charge in [-0.1, -0.05) is 12.8 Å². The first kappa shape index (κ1) is 12.4. The SMILES string of the molecule is COCCONC(=O)C1CCCCCN1. The third kappa shape index (κ3) is 5.11. The molecular formula is C10H20N2O3. The van der Waals surface area contributed by atoms with Gasteiger partial charge in [0.05, 0.1) is 19.3 Å². The first-order valence-corrected chi connectivity index (χ1v) is 5.48. The van der Waals surface area contributed by atoms with Gasteiger partial charge in [-0.05, 0) is 19.4 Å². The number of ether oxygens (including phenoxy) is 1. The summed E-state index contributed by atoms with van der Waals surface area (Å²) >= 11 is 0. The van der Waals surface area contributed by atoms with Gasteiger partial charge < -0.3 is 10.1 Å². The van der Waals surface area contributed by atoms with E-state index in [9.17, 15) is 4.79 Å². The molecule has 88 valence electrons. The van der Waals surface area contributed by atoms with Gasteiger partial charge in [-0.2, -0.15) is 0 Å². The molecule has 1 atom stereocenters. The standard InChI is InChI=1S/C10H20N2O3/c1-14-7-8-15-12-10(13)9-5-3-2-4-6-11-9/h9,11H,2-8H2,1H3,(H,12,13). The molecule has 0 aromatic carbocycles. The molecule has 1 fully saturated rings. The van der Waals surface area contributed by atoms with E-state index in [-0.39, 0.29) is 11.9 Å². The predicted octanol–water partition coefficient (Wildman–Crippen LogP) is 0.213. The molecule has 1 saturated heterocycles. The highest BCUT2D eigenvalue weighted by atomic mass is 16.7. The van der Waals surface area contributed by atoms with Crippen LogP contribution in [0.2, 0.25) is 0 Å². The lowest BCUT2D eigenvalue weighted by Gasteiger charge is -2.14. The van der Waals surface area contributed by atoms with Crippen LogP contribution in [0.1, 0.15) is 25.7 Å². The molecular weight excluding hydrogens is 196 g/mol. The quantitative estimate of drug-likeness (QED) is 0.509. The Morgan fingerprint density at radius 1 is 1.40 bits per heavy atom. The number of rotatable bonds is 5. The van der Waals surface area contributed by atoms with Crippen molar-refractivity contribution in [2.75, 3.05) is 26.9 Å². The van der Waals surface area contributed by atoms with Crippen LogP contribution in [0, 0.1) is 0 Å². The van der Waals surface area contributed by atoms with E-state index in [0.29, 0.717) is 13.2 Å².